The van der Waals surface area contributed by atoms with Crippen LogP contribution in [0.1, 0.15) is 0 Å². The van der Waals surface area contributed by atoms with E-state index in [2.05, 4.69) is 15.4 Å². The number of benzene rings is 1. The zero-order valence-corrected chi connectivity index (χ0v) is 10.8. The summed E-state index contributed by atoms with van der Waals surface area (Å²) in [5.74, 6) is 2.23. The molecular formula is C14H10N4O3. The lowest BCUT2D eigenvalue weighted by atomic mass is 10.0. The van der Waals surface area contributed by atoms with E-state index in [-0.39, 0.29) is 6.79 Å². The lowest BCUT2D eigenvalue weighted by Gasteiger charge is -2.04. The fraction of sp³-hybridized carbons (Fsp3) is 0.0714. The molecule has 0 amide bonds. The van der Waals surface area contributed by atoms with E-state index in [0.29, 0.717) is 28.6 Å². The first kappa shape index (κ1) is 11.7. The molecule has 0 fully saturated rings. The molecule has 0 unspecified atom stereocenters. The Morgan fingerprint density at radius 1 is 1.00 bits per heavy atom. The van der Waals surface area contributed by atoms with Crippen LogP contribution in [0.15, 0.2) is 41.2 Å². The van der Waals surface area contributed by atoms with Crippen molar-refractivity contribution in [3.05, 3.63) is 36.7 Å². The van der Waals surface area contributed by atoms with Crippen molar-refractivity contribution >= 4 is 5.82 Å². The summed E-state index contributed by atoms with van der Waals surface area (Å²) in [4.78, 5) is 0. The predicted octanol–water partition coefficient (Wildman–Crippen LogP) is 2.11. The molecule has 3 aromatic rings. The predicted molar refractivity (Wildman–Crippen MR) is 73.5 cm³/mol. The number of hydrogen-bond donors (Lipinski definition) is 1. The molecule has 3 heterocycles. The number of rotatable bonds is 2. The molecule has 2 N–H and O–H groups in total. The second-order valence-electron chi connectivity index (χ2n) is 4.47. The zero-order chi connectivity index (χ0) is 14.2. The van der Waals surface area contributed by atoms with Crippen molar-refractivity contribution in [3.8, 4) is 33.9 Å². The number of nitrogens with two attached hydrogens (primary N) is 1. The molecule has 0 aliphatic carbocycles. The SMILES string of the molecule is Nc1noc(-c2ccnnc2)c1-c1ccc2c(c1)OCO2. The molecule has 21 heavy (non-hydrogen) atoms. The van der Waals surface area contributed by atoms with Gasteiger partial charge in [-0.15, -0.1) is 0 Å². The first-order chi connectivity index (χ1) is 10.3. The van der Waals surface area contributed by atoms with Gasteiger partial charge in [-0.1, -0.05) is 11.2 Å². The van der Waals surface area contributed by atoms with E-state index < -0.39 is 0 Å². The van der Waals surface area contributed by atoms with E-state index in [4.69, 9.17) is 19.7 Å². The second kappa shape index (κ2) is 4.48. The maximum atomic E-state index is 5.94. The summed E-state index contributed by atoms with van der Waals surface area (Å²) in [6.07, 6.45) is 3.17. The van der Waals surface area contributed by atoms with Crippen molar-refractivity contribution in [1.29, 1.82) is 0 Å². The van der Waals surface area contributed by atoms with Gasteiger partial charge >= 0.3 is 0 Å². The molecule has 0 atom stereocenters. The number of ether oxygens (including phenoxy) is 2. The highest BCUT2D eigenvalue weighted by Gasteiger charge is 2.21. The highest BCUT2D eigenvalue weighted by atomic mass is 16.7. The lowest BCUT2D eigenvalue weighted by molar-refractivity contribution is 0.174. The molecule has 104 valence electrons. The summed E-state index contributed by atoms with van der Waals surface area (Å²) in [7, 11) is 0. The van der Waals surface area contributed by atoms with Crippen molar-refractivity contribution in [2.24, 2.45) is 0 Å². The van der Waals surface area contributed by atoms with Gasteiger partial charge in [-0.3, -0.25) is 0 Å². The molecule has 7 nitrogen and oxygen atoms in total. The first-order valence-corrected chi connectivity index (χ1v) is 6.25. The number of aromatic nitrogens is 3. The molecule has 1 aromatic carbocycles. The molecular weight excluding hydrogens is 272 g/mol. The Hall–Kier alpha value is -3.09. The third kappa shape index (κ3) is 1.86. The molecule has 0 bridgehead atoms. The Bertz CT molecular complexity index is 801. The van der Waals surface area contributed by atoms with Crippen molar-refractivity contribution in [1.82, 2.24) is 15.4 Å². The van der Waals surface area contributed by atoms with Crippen LogP contribution in [-0.2, 0) is 0 Å². The Morgan fingerprint density at radius 2 is 1.90 bits per heavy atom. The van der Waals surface area contributed by atoms with Crippen LogP contribution in [0.25, 0.3) is 22.5 Å². The number of fused-ring (bicyclic) bond motifs is 1. The van der Waals surface area contributed by atoms with E-state index in [1.54, 1.807) is 18.5 Å². The van der Waals surface area contributed by atoms with Gasteiger partial charge in [-0.25, -0.2) is 0 Å². The fourth-order valence-corrected chi connectivity index (χ4v) is 2.26. The van der Waals surface area contributed by atoms with Crippen LogP contribution >= 0.6 is 0 Å². The summed E-state index contributed by atoms with van der Waals surface area (Å²) in [5, 5.41) is 11.4. The smallest absolute Gasteiger partial charge is 0.231 e. The van der Waals surface area contributed by atoms with Gasteiger partial charge in [0.25, 0.3) is 0 Å². The maximum absolute atomic E-state index is 5.94. The highest BCUT2D eigenvalue weighted by Crippen LogP contribution is 2.41. The number of nitrogens with zero attached hydrogens (tertiary/aromatic N) is 3. The van der Waals surface area contributed by atoms with Gasteiger partial charge in [0, 0.05) is 5.56 Å². The van der Waals surface area contributed by atoms with E-state index in [1.165, 1.54) is 0 Å². The summed E-state index contributed by atoms with van der Waals surface area (Å²) < 4.78 is 16.0. The summed E-state index contributed by atoms with van der Waals surface area (Å²) in [5.41, 5.74) is 8.23. The van der Waals surface area contributed by atoms with Crippen molar-refractivity contribution in [2.75, 3.05) is 12.5 Å². The minimum absolute atomic E-state index is 0.221. The molecule has 0 spiro atoms. The summed E-state index contributed by atoms with van der Waals surface area (Å²) >= 11 is 0. The van der Waals surface area contributed by atoms with Crippen LogP contribution in [0.4, 0.5) is 5.82 Å². The lowest BCUT2D eigenvalue weighted by Crippen LogP contribution is -1.93. The van der Waals surface area contributed by atoms with E-state index in [0.717, 1.165) is 11.1 Å². The average Bonchev–Trinajstić information content (AvgIpc) is 3.13. The van der Waals surface area contributed by atoms with Gasteiger partial charge in [0.15, 0.2) is 23.1 Å². The Labute approximate surface area is 119 Å². The van der Waals surface area contributed by atoms with Gasteiger partial charge in [0.05, 0.1) is 18.0 Å². The monoisotopic (exact) mass is 282 g/mol. The van der Waals surface area contributed by atoms with Crippen molar-refractivity contribution in [3.63, 3.8) is 0 Å². The highest BCUT2D eigenvalue weighted by molar-refractivity contribution is 5.87. The van der Waals surface area contributed by atoms with Crippen molar-refractivity contribution in [2.45, 2.75) is 0 Å². The molecule has 4 rings (SSSR count). The standard InChI is InChI=1S/C14H10N4O3/c15-14-12(8-1-2-10-11(5-8)20-7-19-10)13(21-18-14)9-3-4-16-17-6-9/h1-6H,7H2,(H2,15,18). The van der Waals surface area contributed by atoms with Crippen LogP contribution in [0.3, 0.4) is 0 Å². The molecule has 1 aliphatic rings. The van der Waals surface area contributed by atoms with Gasteiger partial charge in [-0.2, -0.15) is 10.2 Å². The molecule has 1 aliphatic heterocycles. The quantitative estimate of drug-likeness (QED) is 0.768. The van der Waals surface area contributed by atoms with Gasteiger partial charge in [0.2, 0.25) is 6.79 Å². The molecule has 0 radical (unpaired) electrons. The average molecular weight is 282 g/mol. The van der Waals surface area contributed by atoms with Crippen LogP contribution in [0, 0.1) is 0 Å². The van der Waals surface area contributed by atoms with Gasteiger partial charge in [0.1, 0.15) is 0 Å². The largest absolute Gasteiger partial charge is 0.454 e. The van der Waals surface area contributed by atoms with Crippen LogP contribution in [0.2, 0.25) is 0 Å². The maximum Gasteiger partial charge on any atom is 0.231 e. The Kier molecular flexibility index (Phi) is 2.50. The number of nitrogen functional groups attached to an aromatic ring is 1. The Balaban J connectivity index is 1.87. The van der Waals surface area contributed by atoms with Crippen LogP contribution < -0.4 is 15.2 Å². The number of anilines is 1. The molecule has 0 saturated heterocycles. The fourth-order valence-electron chi connectivity index (χ4n) is 2.26. The molecule has 2 aromatic heterocycles. The first-order valence-electron chi connectivity index (χ1n) is 6.25. The second-order valence-corrected chi connectivity index (χ2v) is 4.47. The van der Waals surface area contributed by atoms with Crippen molar-refractivity contribution < 1.29 is 14.0 Å². The third-order valence-electron chi connectivity index (χ3n) is 3.23. The topological polar surface area (TPSA) is 96.3 Å². The van der Waals surface area contributed by atoms with E-state index in [9.17, 15) is 0 Å². The minimum atomic E-state index is 0.221. The van der Waals surface area contributed by atoms with Crippen LogP contribution in [0.5, 0.6) is 11.5 Å². The van der Waals surface area contributed by atoms with E-state index >= 15 is 0 Å². The third-order valence-corrected chi connectivity index (χ3v) is 3.23. The normalized spacial score (nSPS) is 12.6. The Morgan fingerprint density at radius 3 is 2.76 bits per heavy atom. The molecule has 7 heteroatoms. The summed E-state index contributed by atoms with van der Waals surface area (Å²) in [6.45, 7) is 0.221. The van der Waals surface area contributed by atoms with Crippen LogP contribution in [-0.4, -0.2) is 22.1 Å². The summed E-state index contributed by atoms with van der Waals surface area (Å²) in [6, 6.07) is 7.35. The minimum Gasteiger partial charge on any atom is -0.454 e. The zero-order valence-electron chi connectivity index (χ0n) is 10.8. The number of hydrogen-bond acceptors (Lipinski definition) is 7. The van der Waals surface area contributed by atoms with Gasteiger partial charge < -0.3 is 19.7 Å². The van der Waals surface area contributed by atoms with Gasteiger partial charge in [-0.05, 0) is 23.8 Å². The molecule has 0 saturated carbocycles. The van der Waals surface area contributed by atoms with E-state index in [1.807, 2.05) is 18.2 Å².